The molecule has 1 saturated carbocycles. The van der Waals surface area contributed by atoms with Crippen molar-refractivity contribution < 1.29 is 14.6 Å². The van der Waals surface area contributed by atoms with Gasteiger partial charge in [0, 0.05) is 16.7 Å². The Morgan fingerprint density at radius 2 is 1.85 bits per heavy atom. The van der Waals surface area contributed by atoms with Crippen molar-refractivity contribution in [1.29, 1.82) is 0 Å². The lowest BCUT2D eigenvalue weighted by atomic mass is 9.82. The Hall–Kier alpha value is -0.930. The second-order valence-corrected chi connectivity index (χ2v) is 6.35. The molecule has 20 heavy (non-hydrogen) atoms. The van der Waals surface area contributed by atoms with Gasteiger partial charge >= 0.3 is 0 Å². The van der Waals surface area contributed by atoms with E-state index in [1.54, 1.807) is 19.2 Å². The van der Waals surface area contributed by atoms with E-state index in [1.165, 1.54) is 6.42 Å². The first-order valence-corrected chi connectivity index (χ1v) is 7.55. The molecule has 4 heteroatoms. The van der Waals surface area contributed by atoms with E-state index < -0.39 is 0 Å². The highest BCUT2D eigenvalue weighted by Crippen LogP contribution is 2.38. The Morgan fingerprint density at radius 1 is 1.20 bits per heavy atom. The number of aliphatic hydroxyl groups is 1. The van der Waals surface area contributed by atoms with Crippen molar-refractivity contribution in [3.05, 3.63) is 22.7 Å². The average molecular weight is 299 g/mol. The largest absolute Gasteiger partial charge is 0.493 e. The van der Waals surface area contributed by atoms with E-state index in [0.717, 1.165) is 12.8 Å². The molecule has 2 unspecified atom stereocenters. The predicted octanol–water partition coefficient (Wildman–Crippen LogP) is 4.04. The van der Waals surface area contributed by atoms with Crippen molar-refractivity contribution in [1.82, 2.24) is 0 Å². The standard InChI is InChI=1S/C16H23ClO3/c1-10-4-11(2)6-14(5-10)20-16-12(9-18)7-13(17)8-15(16)19-3/h7-8,10-11,14,18H,4-6,9H2,1-3H3. The van der Waals surface area contributed by atoms with Crippen molar-refractivity contribution in [2.45, 2.75) is 45.8 Å². The van der Waals surface area contributed by atoms with Crippen LogP contribution in [0.25, 0.3) is 0 Å². The maximum Gasteiger partial charge on any atom is 0.167 e. The van der Waals surface area contributed by atoms with Gasteiger partial charge in [-0.2, -0.15) is 0 Å². The van der Waals surface area contributed by atoms with E-state index in [2.05, 4.69) is 13.8 Å². The summed E-state index contributed by atoms with van der Waals surface area (Å²) < 4.78 is 11.5. The van der Waals surface area contributed by atoms with Gasteiger partial charge in [0.15, 0.2) is 11.5 Å². The molecule has 1 fully saturated rings. The third-order valence-electron chi connectivity index (χ3n) is 3.91. The van der Waals surface area contributed by atoms with Gasteiger partial charge < -0.3 is 14.6 Å². The fraction of sp³-hybridized carbons (Fsp3) is 0.625. The maximum absolute atomic E-state index is 9.50. The molecule has 0 saturated heterocycles. The van der Waals surface area contributed by atoms with E-state index in [1.807, 2.05) is 0 Å². The van der Waals surface area contributed by atoms with Crippen LogP contribution in [-0.2, 0) is 6.61 Å². The van der Waals surface area contributed by atoms with Gasteiger partial charge in [-0.05, 0) is 37.2 Å². The van der Waals surface area contributed by atoms with Crippen molar-refractivity contribution >= 4 is 11.6 Å². The molecular weight excluding hydrogens is 276 g/mol. The molecule has 1 aliphatic carbocycles. The lowest BCUT2D eigenvalue weighted by Gasteiger charge is -2.32. The summed E-state index contributed by atoms with van der Waals surface area (Å²) in [6.45, 7) is 4.42. The molecule has 2 rings (SSSR count). The molecule has 2 atom stereocenters. The summed E-state index contributed by atoms with van der Waals surface area (Å²) in [5.74, 6) is 2.55. The maximum atomic E-state index is 9.50. The van der Waals surface area contributed by atoms with Crippen LogP contribution in [-0.4, -0.2) is 18.3 Å². The molecule has 0 aliphatic heterocycles. The highest BCUT2D eigenvalue weighted by molar-refractivity contribution is 6.30. The van der Waals surface area contributed by atoms with Crippen LogP contribution >= 0.6 is 11.6 Å². The van der Waals surface area contributed by atoms with Crippen LogP contribution in [0.4, 0.5) is 0 Å². The first-order valence-electron chi connectivity index (χ1n) is 7.17. The molecule has 0 heterocycles. The normalized spacial score (nSPS) is 26.4. The van der Waals surface area contributed by atoms with Crippen molar-refractivity contribution in [2.24, 2.45) is 11.8 Å². The monoisotopic (exact) mass is 298 g/mol. The zero-order chi connectivity index (χ0) is 14.7. The summed E-state index contributed by atoms with van der Waals surface area (Å²) in [6.07, 6.45) is 3.51. The first-order chi connectivity index (χ1) is 9.53. The number of rotatable bonds is 4. The minimum Gasteiger partial charge on any atom is -0.493 e. The van der Waals surface area contributed by atoms with Crippen molar-refractivity contribution in [2.75, 3.05) is 7.11 Å². The highest BCUT2D eigenvalue weighted by atomic mass is 35.5. The molecule has 1 aromatic rings. The Kier molecular flexibility index (Phi) is 5.17. The Balaban J connectivity index is 2.23. The molecule has 0 aromatic heterocycles. The molecule has 112 valence electrons. The molecule has 0 spiro atoms. The number of hydrogen-bond donors (Lipinski definition) is 1. The Bertz CT molecular complexity index is 426. The zero-order valence-corrected chi connectivity index (χ0v) is 13.1. The summed E-state index contributed by atoms with van der Waals surface area (Å²) in [5, 5.41) is 10.0. The number of methoxy groups -OCH3 is 1. The quantitative estimate of drug-likeness (QED) is 0.911. The minimum absolute atomic E-state index is 0.107. The summed E-state index contributed by atoms with van der Waals surface area (Å²) in [7, 11) is 1.59. The Morgan fingerprint density at radius 3 is 2.40 bits per heavy atom. The van der Waals surface area contributed by atoms with Crippen LogP contribution in [0.5, 0.6) is 11.5 Å². The van der Waals surface area contributed by atoms with E-state index in [-0.39, 0.29) is 12.7 Å². The van der Waals surface area contributed by atoms with Gasteiger partial charge in [0.1, 0.15) is 0 Å². The van der Waals surface area contributed by atoms with Gasteiger partial charge in [0.2, 0.25) is 0 Å². The molecule has 1 aromatic carbocycles. The van der Waals surface area contributed by atoms with Crippen LogP contribution in [0.15, 0.2) is 12.1 Å². The van der Waals surface area contributed by atoms with Crippen LogP contribution < -0.4 is 9.47 Å². The summed E-state index contributed by atoms with van der Waals surface area (Å²) in [5.41, 5.74) is 0.681. The highest BCUT2D eigenvalue weighted by Gasteiger charge is 2.27. The third-order valence-corrected chi connectivity index (χ3v) is 4.12. The van der Waals surface area contributed by atoms with E-state index >= 15 is 0 Å². The van der Waals surface area contributed by atoms with Crippen LogP contribution in [0.3, 0.4) is 0 Å². The summed E-state index contributed by atoms with van der Waals surface area (Å²) >= 11 is 6.02. The number of benzene rings is 1. The van der Waals surface area contributed by atoms with Gasteiger partial charge in [-0.15, -0.1) is 0 Å². The lowest BCUT2D eigenvalue weighted by molar-refractivity contribution is 0.0953. The smallest absolute Gasteiger partial charge is 0.167 e. The van der Waals surface area contributed by atoms with Gasteiger partial charge in [0.05, 0.1) is 19.8 Å². The van der Waals surface area contributed by atoms with Gasteiger partial charge in [-0.1, -0.05) is 25.4 Å². The van der Waals surface area contributed by atoms with Gasteiger partial charge in [-0.3, -0.25) is 0 Å². The summed E-state index contributed by atoms with van der Waals surface area (Å²) in [4.78, 5) is 0. The minimum atomic E-state index is -0.107. The fourth-order valence-electron chi connectivity index (χ4n) is 3.16. The van der Waals surface area contributed by atoms with E-state index in [0.29, 0.717) is 33.9 Å². The average Bonchev–Trinajstić information content (AvgIpc) is 2.39. The molecule has 0 amide bonds. The molecule has 1 N–H and O–H groups in total. The van der Waals surface area contributed by atoms with Crippen LogP contribution in [0.1, 0.15) is 38.7 Å². The predicted molar refractivity (Wildman–Crippen MR) is 80.5 cm³/mol. The van der Waals surface area contributed by atoms with Crippen molar-refractivity contribution in [3.63, 3.8) is 0 Å². The third kappa shape index (κ3) is 3.58. The molecule has 3 nitrogen and oxygen atoms in total. The molecule has 0 radical (unpaired) electrons. The van der Waals surface area contributed by atoms with Crippen LogP contribution in [0, 0.1) is 11.8 Å². The second-order valence-electron chi connectivity index (χ2n) is 5.91. The molecular formula is C16H23ClO3. The SMILES string of the molecule is COc1cc(Cl)cc(CO)c1OC1CC(C)CC(C)C1. The molecule has 1 aliphatic rings. The van der Waals surface area contributed by atoms with E-state index in [4.69, 9.17) is 21.1 Å². The van der Waals surface area contributed by atoms with E-state index in [9.17, 15) is 5.11 Å². The van der Waals surface area contributed by atoms with Crippen LogP contribution in [0.2, 0.25) is 5.02 Å². The fourth-order valence-corrected chi connectivity index (χ4v) is 3.39. The zero-order valence-electron chi connectivity index (χ0n) is 12.4. The lowest BCUT2D eigenvalue weighted by Crippen LogP contribution is -2.29. The molecule has 0 bridgehead atoms. The Labute approximate surface area is 125 Å². The number of halogens is 1. The topological polar surface area (TPSA) is 38.7 Å². The number of ether oxygens (including phenoxy) is 2. The first kappa shape index (κ1) is 15.5. The van der Waals surface area contributed by atoms with Crippen molar-refractivity contribution in [3.8, 4) is 11.5 Å². The summed E-state index contributed by atoms with van der Waals surface area (Å²) in [6, 6.07) is 3.46. The van der Waals surface area contributed by atoms with Gasteiger partial charge in [0.25, 0.3) is 0 Å². The van der Waals surface area contributed by atoms with Gasteiger partial charge in [-0.25, -0.2) is 0 Å². The second kappa shape index (κ2) is 6.68. The number of aliphatic hydroxyl groups excluding tert-OH is 1. The number of hydrogen-bond acceptors (Lipinski definition) is 3.